The Hall–Kier alpha value is -0.840. The van der Waals surface area contributed by atoms with E-state index >= 15 is 0 Å². The zero-order chi connectivity index (χ0) is 12.4. The second kappa shape index (κ2) is 5.21. The van der Waals surface area contributed by atoms with E-state index < -0.39 is 0 Å². The molecule has 4 heteroatoms. The van der Waals surface area contributed by atoms with E-state index in [9.17, 15) is 5.11 Å². The van der Waals surface area contributed by atoms with Crippen LogP contribution in [0, 0.1) is 5.92 Å². The molecular weight excluding hydrogens is 216 g/mol. The molecule has 4 atom stereocenters. The standard InChI is InChI=1S/C13H22N2O2/c1-9-5-6-15(8-11(9)16)13(10(2)14)12-4-3-7-17-12/h3-4,7,9-11,13,16H,5-6,8,14H2,1-2H3. The van der Waals surface area contributed by atoms with Gasteiger partial charge in [0.05, 0.1) is 18.4 Å². The van der Waals surface area contributed by atoms with Crippen molar-refractivity contribution in [3.63, 3.8) is 0 Å². The number of piperidine rings is 1. The molecule has 0 aliphatic carbocycles. The predicted octanol–water partition coefficient (Wildman–Crippen LogP) is 1.37. The van der Waals surface area contributed by atoms with Crippen molar-refractivity contribution in [1.29, 1.82) is 0 Å². The summed E-state index contributed by atoms with van der Waals surface area (Å²) in [4.78, 5) is 2.23. The molecule has 4 nitrogen and oxygen atoms in total. The Morgan fingerprint density at radius 2 is 2.35 bits per heavy atom. The van der Waals surface area contributed by atoms with Crippen LogP contribution in [0.15, 0.2) is 22.8 Å². The van der Waals surface area contributed by atoms with Crippen LogP contribution in [0.2, 0.25) is 0 Å². The maximum Gasteiger partial charge on any atom is 0.122 e. The van der Waals surface area contributed by atoms with Crippen LogP contribution in [-0.4, -0.2) is 35.2 Å². The van der Waals surface area contributed by atoms with Crippen molar-refractivity contribution in [2.24, 2.45) is 11.7 Å². The molecule has 96 valence electrons. The summed E-state index contributed by atoms with van der Waals surface area (Å²) in [5.41, 5.74) is 6.06. The highest BCUT2D eigenvalue weighted by molar-refractivity contribution is 5.08. The average Bonchev–Trinajstić information content (AvgIpc) is 2.76. The van der Waals surface area contributed by atoms with Gasteiger partial charge in [-0.05, 0) is 37.9 Å². The first-order chi connectivity index (χ1) is 8.09. The fourth-order valence-electron chi connectivity index (χ4n) is 2.56. The number of hydrogen-bond donors (Lipinski definition) is 2. The molecule has 1 fully saturated rings. The molecule has 0 bridgehead atoms. The Morgan fingerprint density at radius 3 is 2.88 bits per heavy atom. The first-order valence-electron chi connectivity index (χ1n) is 6.30. The molecule has 17 heavy (non-hydrogen) atoms. The summed E-state index contributed by atoms with van der Waals surface area (Å²) in [6, 6.07) is 3.89. The van der Waals surface area contributed by atoms with Crippen molar-refractivity contribution in [2.45, 2.75) is 38.5 Å². The van der Waals surface area contributed by atoms with Gasteiger partial charge in [-0.15, -0.1) is 0 Å². The molecule has 2 rings (SSSR count). The Labute approximate surface area is 102 Å². The minimum absolute atomic E-state index is 0.0123. The zero-order valence-electron chi connectivity index (χ0n) is 10.5. The molecule has 0 radical (unpaired) electrons. The van der Waals surface area contributed by atoms with Crippen molar-refractivity contribution in [2.75, 3.05) is 13.1 Å². The third kappa shape index (κ3) is 2.70. The van der Waals surface area contributed by atoms with Crippen LogP contribution in [0.25, 0.3) is 0 Å². The summed E-state index contributed by atoms with van der Waals surface area (Å²) in [5.74, 6) is 1.26. The highest BCUT2D eigenvalue weighted by Crippen LogP contribution is 2.29. The van der Waals surface area contributed by atoms with Crippen LogP contribution in [0.1, 0.15) is 32.1 Å². The normalized spacial score (nSPS) is 30.1. The number of β-amino-alcohol motifs (C(OH)–C–C–N with tert-alkyl or cyclic N) is 1. The van der Waals surface area contributed by atoms with Gasteiger partial charge in [0, 0.05) is 12.6 Å². The van der Waals surface area contributed by atoms with Gasteiger partial charge in [-0.25, -0.2) is 0 Å². The second-order valence-corrected chi connectivity index (χ2v) is 5.15. The molecule has 1 aromatic heterocycles. The first-order valence-corrected chi connectivity index (χ1v) is 6.30. The lowest BCUT2D eigenvalue weighted by molar-refractivity contribution is 0.000989. The van der Waals surface area contributed by atoms with Crippen molar-refractivity contribution in [3.8, 4) is 0 Å². The number of furan rings is 1. The topological polar surface area (TPSA) is 62.6 Å². The van der Waals surface area contributed by atoms with Crippen LogP contribution in [0.5, 0.6) is 0 Å². The summed E-state index contributed by atoms with van der Waals surface area (Å²) < 4.78 is 5.47. The Bertz CT molecular complexity index is 337. The molecule has 0 saturated carbocycles. The number of aliphatic hydroxyl groups excluding tert-OH is 1. The minimum Gasteiger partial charge on any atom is -0.468 e. The maximum absolute atomic E-state index is 9.96. The highest BCUT2D eigenvalue weighted by Gasteiger charge is 2.32. The van der Waals surface area contributed by atoms with E-state index in [2.05, 4.69) is 11.8 Å². The monoisotopic (exact) mass is 238 g/mol. The lowest BCUT2D eigenvalue weighted by atomic mass is 9.93. The quantitative estimate of drug-likeness (QED) is 0.835. The fraction of sp³-hybridized carbons (Fsp3) is 0.692. The minimum atomic E-state index is -0.264. The van der Waals surface area contributed by atoms with E-state index in [-0.39, 0.29) is 18.2 Å². The largest absolute Gasteiger partial charge is 0.468 e. The first kappa shape index (κ1) is 12.6. The molecule has 1 aliphatic rings. The molecule has 1 saturated heterocycles. The third-order valence-electron chi connectivity index (χ3n) is 3.68. The van der Waals surface area contributed by atoms with Gasteiger partial charge >= 0.3 is 0 Å². The van der Waals surface area contributed by atoms with Gasteiger partial charge < -0.3 is 15.3 Å². The van der Waals surface area contributed by atoms with Gasteiger partial charge in [0.1, 0.15) is 5.76 Å². The van der Waals surface area contributed by atoms with Gasteiger partial charge in [0.15, 0.2) is 0 Å². The van der Waals surface area contributed by atoms with E-state index in [4.69, 9.17) is 10.2 Å². The van der Waals surface area contributed by atoms with Gasteiger partial charge in [-0.2, -0.15) is 0 Å². The number of nitrogens with zero attached hydrogens (tertiary/aromatic N) is 1. The summed E-state index contributed by atoms with van der Waals surface area (Å²) in [7, 11) is 0. The summed E-state index contributed by atoms with van der Waals surface area (Å²) in [6.07, 6.45) is 2.42. The zero-order valence-corrected chi connectivity index (χ0v) is 10.5. The molecule has 4 unspecified atom stereocenters. The molecule has 1 aliphatic heterocycles. The molecule has 1 aromatic rings. The fourth-order valence-corrected chi connectivity index (χ4v) is 2.56. The Balaban J connectivity index is 2.12. The van der Waals surface area contributed by atoms with Crippen LogP contribution in [0.4, 0.5) is 0 Å². The van der Waals surface area contributed by atoms with E-state index in [1.165, 1.54) is 0 Å². The summed E-state index contributed by atoms with van der Waals surface area (Å²) >= 11 is 0. The maximum atomic E-state index is 9.96. The van der Waals surface area contributed by atoms with Crippen LogP contribution >= 0.6 is 0 Å². The van der Waals surface area contributed by atoms with Crippen LogP contribution in [-0.2, 0) is 0 Å². The van der Waals surface area contributed by atoms with E-state index in [0.29, 0.717) is 12.5 Å². The predicted molar refractivity (Wildman–Crippen MR) is 66.5 cm³/mol. The van der Waals surface area contributed by atoms with E-state index in [0.717, 1.165) is 18.7 Å². The van der Waals surface area contributed by atoms with E-state index in [1.807, 2.05) is 19.1 Å². The lowest BCUT2D eigenvalue weighted by Gasteiger charge is -2.40. The summed E-state index contributed by atoms with van der Waals surface area (Å²) in [6.45, 7) is 5.71. The SMILES string of the molecule is CC(N)C(c1ccco1)N1CCC(C)C(O)C1. The molecule has 0 amide bonds. The van der Waals surface area contributed by atoms with Crippen molar-refractivity contribution < 1.29 is 9.52 Å². The van der Waals surface area contributed by atoms with Gasteiger partial charge in [0.2, 0.25) is 0 Å². The lowest BCUT2D eigenvalue weighted by Crippen LogP contribution is -2.48. The molecule has 0 aromatic carbocycles. The number of likely N-dealkylation sites (tertiary alicyclic amines) is 1. The van der Waals surface area contributed by atoms with Crippen LogP contribution in [0.3, 0.4) is 0 Å². The number of hydrogen-bond acceptors (Lipinski definition) is 4. The van der Waals surface area contributed by atoms with Crippen molar-refractivity contribution >= 4 is 0 Å². The Kier molecular flexibility index (Phi) is 3.86. The number of rotatable bonds is 3. The van der Waals surface area contributed by atoms with Crippen LogP contribution < -0.4 is 5.73 Å². The van der Waals surface area contributed by atoms with E-state index in [1.54, 1.807) is 6.26 Å². The smallest absolute Gasteiger partial charge is 0.122 e. The van der Waals surface area contributed by atoms with Gasteiger partial charge in [-0.3, -0.25) is 4.90 Å². The average molecular weight is 238 g/mol. The molecule has 3 N–H and O–H groups in total. The second-order valence-electron chi connectivity index (χ2n) is 5.15. The molecule has 2 heterocycles. The number of nitrogens with two attached hydrogens (primary N) is 1. The highest BCUT2D eigenvalue weighted by atomic mass is 16.3. The van der Waals surface area contributed by atoms with Gasteiger partial charge in [-0.1, -0.05) is 6.92 Å². The van der Waals surface area contributed by atoms with Gasteiger partial charge in [0.25, 0.3) is 0 Å². The number of aliphatic hydroxyl groups is 1. The Morgan fingerprint density at radius 1 is 1.59 bits per heavy atom. The van der Waals surface area contributed by atoms with Crippen molar-refractivity contribution in [3.05, 3.63) is 24.2 Å². The summed E-state index contributed by atoms with van der Waals surface area (Å²) in [5, 5.41) is 9.96. The third-order valence-corrected chi connectivity index (χ3v) is 3.68. The van der Waals surface area contributed by atoms with Crippen molar-refractivity contribution in [1.82, 2.24) is 4.90 Å². The molecular formula is C13H22N2O2. The molecule has 0 spiro atoms.